The number of nitrogens with zero attached hydrogens (tertiary/aromatic N) is 1. The molecule has 1 atom stereocenters. The predicted molar refractivity (Wildman–Crippen MR) is 83.5 cm³/mol. The van der Waals surface area contributed by atoms with Crippen LogP contribution in [0.15, 0.2) is 23.1 Å². The number of hydrogen-bond donors (Lipinski definition) is 2. The fourth-order valence-electron chi connectivity index (χ4n) is 2.21. The lowest BCUT2D eigenvalue weighted by Gasteiger charge is -2.07. The van der Waals surface area contributed by atoms with Gasteiger partial charge in [-0.15, -0.1) is 0 Å². The number of sulfonamides is 1. The van der Waals surface area contributed by atoms with Gasteiger partial charge in [-0.05, 0) is 38.1 Å². The second-order valence-electron chi connectivity index (χ2n) is 4.85. The van der Waals surface area contributed by atoms with Gasteiger partial charge in [0, 0.05) is 6.61 Å². The van der Waals surface area contributed by atoms with E-state index in [9.17, 15) is 13.2 Å². The van der Waals surface area contributed by atoms with Crippen LogP contribution in [0.25, 0.3) is 10.2 Å². The number of thiazole rings is 1. The number of carbonyl (C=O) groups is 1. The standard InChI is InChI=1S/C13H15N3O4S2/c1-14-22(18,19)8-4-5-9-11(7-8)21-13(15-9)16-12(17)10-3-2-6-20-10/h4-5,7,10,14H,2-3,6H2,1H3,(H,15,16,17). The molecule has 1 aliphatic rings. The van der Waals surface area contributed by atoms with Crippen molar-refractivity contribution in [2.45, 2.75) is 23.8 Å². The maximum Gasteiger partial charge on any atom is 0.255 e. The smallest absolute Gasteiger partial charge is 0.255 e. The lowest BCUT2D eigenvalue weighted by atomic mass is 10.2. The first kappa shape index (κ1) is 15.3. The highest BCUT2D eigenvalue weighted by atomic mass is 32.2. The molecule has 0 aliphatic carbocycles. The summed E-state index contributed by atoms with van der Waals surface area (Å²) < 4.78 is 31.9. The van der Waals surface area contributed by atoms with E-state index in [1.165, 1.54) is 24.5 Å². The van der Waals surface area contributed by atoms with Crippen molar-refractivity contribution >= 4 is 42.6 Å². The van der Waals surface area contributed by atoms with Crippen LogP contribution in [0.2, 0.25) is 0 Å². The van der Waals surface area contributed by atoms with Crippen LogP contribution in [-0.2, 0) is 19.6 Å². The van der Waals surface area contributed by atoms with Crippen molar-refractivity contribution in [2.75, 3.05) is 19.0 Å². The van der Waals surface area contributed by atoms with Gasteiger partial charge in [-0.2, -0.15) is 0 Å². The number of nitrogens with one attached hydrogen (secondary N) is 2. The molecular formula is C13H15N3O4S2. The Bertz CT molecular complexity index is 810. The molecule has 0 bridgehead atoms. The summed E-state index contributed by atoms with van der Waals surface area (Å²) in [6, 6.07) is 4.65. The van der Waals surface area contributed by atoms with Crippen molar-refractivity contribution in [2.24, 2.45) is 0 Å². The molecule has 0 spiro atoms. The summed E-state index contributed by atoms with van der Waals surface area (Å²) in [6.07, 6.45) is 1.16. The van der Waals surface area contributed by atoms with Gasteiger partial charge in [-0.3, -0.25) is 10.1 Å². The van der Waals surface area contributed by atoms with Gasteiger partial charge in [0.25, 0.3) is 5.91 Å². The van der Waals surface area contributed by atoms with Gasteiger partial charge < -0.3 is 4.74 Å². The molecule has 1 aromatic heterocycles. The van der Waals surface area contributed by atoms with E-state index in [-0.39, 0.29) is 10.8 Å². The van der Waals surface area contributed by atoms with E-state index in [1.54, 1.807) is 12.1 Å². The van der Waals surface area contributed by atoms with Crippen molar-refractivity contribution in [1.82, 2.24) is 9.71 Å². The van der Waals surface area contributed by atoms with Gasteiger partial charge in [0.1, 0.15) is 6.10 Å². The highest BCUT2D eigenvalue weighted by Gasteiger charge is 2.24. The van der Waals surface area contributed by atoms with Crippen LogP contribution in [0.4, 0.5) is 5.13 Å². The van der Waals surface area contributed by atoms with Gasteiger partial charge in [0.2, 0.25) is 10.0 Å². The first-order chi connectivity index (χ1) is 10.5. The lowest BCUT2D eigenvalue weighted by Crippen LogP contribution is -2.26. The Labute approximate surface area is 131 Å². The molecule has 1 unspecified atom stereocenters. The topological polar surface area (TPSA) is 97.4 Å². The van der Waals surface area contributed by atoms with Crippen molar-refractivity contribution in [3.63, 3.8) is 0 Å². The number of amides is 1. The van der Waals surface area contributed by atoms with Crippen LogP contribution >= 0.6 is 11.3 Å². The van der Waals surface area contributed by atoms with Crippen LogP contribution in [-0.4, -0.2) is 39.1 Å². The van der Waals surface area contributed by atoms with Gasteiger partial charge in [0.05, 0.1) is 15.1 Å². The molecule has 0 saturated carbocycles. The summed E-state index contributed by atoms with van der Waals surface area (Å²) in [6.45, 7) is 0.600. The number of hydrogen-bond acceptors (Lipinski definition) is 6. The van der Waals surface area contributed by atoms with Crippen molar-refractivity contribution in [3.05, 3.63) is 18.2 Å². The zero-order valence-corrected chi connectivity index (χ0v) is 13.5. The Balaban J connectivity index is 1.85. The summed E-state index contributed by atoms with van der Waals surface area (Å²) in [5.74, 6) is -0.209. The lowest BCUT2D eigenvalue weighted by molar-refractivity contribution is -0.124. The molecular weight excluding hydrogens is 326 g/mol. The highest BCUT2D eigenvalue weighted by Crippen LogP contribution is 2.28. The van der Waals surface area contributed by atoms with Gasteiger partial charge in [0.15, 0.2) is 5.13 Å². The maximum atomic E-state index is 12.0. The number of rotatable bonds is 4. The molecule has 1 aromatic carbocycles. The largest absolute Gasteiger partial charge is 0.368 e. The molecule has 2 aromatic rings. The van der Waals surface area contributed by atoms with E-state index >= 15 is 0 Å². The molecule has 1 saturated heterocycles. The number of ether oxygens (including phenoxy) is 1. The second-order valence-corrected chi connectivity index (χ2v) is 7.76. The van der Waals surface area contributed by atoms with Gasteiger partial charge >= 0.3 is 0 Å². The van der Waals surface area contributed by atoms with E-state index < -0.39 is 16.1 Å². The Morgan fingerprint density at radius 1 is 1.45 bits per heavy atom. The zero-order valence-electron chi connectivity index (χ0n) is 11.8. The molecule has 1 amide bonds. The fourth-order valence-corrected chi connectivity index (χ4v) is 3.95. The van der Waals surface area contributed by atoms with Crippen LogP contribution < -0.4 is 10.0 Å². The van der Waals surface area contributed by atoms with Crippen LogP contribution in [0, 0.1) is 0 Å². The summed E-state index contributed by atoms with van der Waals surface area (Å²) in [5.41, 5.74) is 0.641. The molecule has 9 heteroatoms. The Morgan fingerprint density at radius 2 is 2.27 bits per heavy atom. The number of aromatic nitrogens is 1. The number of carbonyl (C=O) groups excluding carboxylic acids is 1. The summed E-state index contributed by atoms with van der Waals surface area (Å²) in [5, 5.41) is 3.16. The van der Waals surface area contributed by atoms with E-state index in [0.29, 0.717) is 28.4 Å². The highest BCUT2D eigenvalue weighted by molar-refractivity contribution is 7.89. The summed E-state index contributed by atoms with van der Waals surface area (Å²) in [4.78, 5) is 16.4. The third kappa shape index (κ3) is 2.98. The molecule has 7 nitrogen and oxygen atoms in total. The normalized spacial score (nSPS) is 18.7. The van der Waals surface area contributed by atoms with Crippen molar-refractivity contribution < 1.29 is 17.9 Å². The number of anilines is 1. The average Bonchev–Trinajstić information content (AvgIpc) is 3.15. The minimum Gasteiger partial charge on any atom is -0.368 e. The zero-order chi connectivity index (χ0) is 15.7. The number of fused-ring (bicyclic) bond motifs is 1. The van der Waals surface area contributed by atoms with E-state index in [0.717, 1.165) is 6.42 Å². The third-order valence-corrected chi connectivity index (χ3v) is 5.74. The van der Waals surface area contributed by atoms with E-state index in [1.807, 2.05) is 0 Å². The molecule has 0 radical (unpaired) electrons. The van der Waals surface area contributed by atoms with Crippen molar-refractivity contribution in [3.8, 4) is 0 Å². The summed E-state index contributed by atoms with van der Waals surface area (Å²) in [7, 11) is -2.13. The maximum absolute atomic E-state index is 12.0. The molecule has 2 N–H and O–H groups in total. The monoisotopic (exact) mass is 341 g/mol. The molecule has 1 aliphatic heterocycles. The van der Waals surface area contributed by atoms with Crippen molar-refractivity contribution in [1.29, 1.82) is 0 Å². The predicted octanol–water partition coefficient (Wildman–Crippen LogP) is 1.32. The minimum atomic E-state index is -3.49. The van der Waals surface area contributed by atoms with E-state index in [2.05, 4.69) is 15.0 Å². The molecule has 118 valence electrons. The average molecular weight is 341 g/mol. The Hall–Kier alpha value is -1.55. The molecule has 2 heterocycles. The first-order valence-electron chi connectivity index (χ1n) is 6.76. The van der Waals surface area contributed by atoms with Crippen LogP contribution in [0.1, 0.15) is 12.8 Å². The fraction of sp³-hybridized carbons (Fsp3) is 0.385. The SMILES string of the molecule is CNS(=O)(=O)c1ccc2nc(NC(=O)C3CCCO3)sc2c1. The van der Waals surface area contributed by atoms with Crippen LogP contribution in [0.3, 0.4) is 0 Å². The number of benzene rings is 1. The van der Waals surface area contributed by atoms with Crippen LogP contribution in [0.5, 0.6) is 0 Å². The van der Waals surface area contributed by atoms with Gasteiger partial charge in [-0.1, -0.05) is 11.3 Å². The van der Waals surface area contributed by atoms with E-state index in [4.69, 9.17) is 4.74 Å². The summed E-state index contributed by atoms with van der Waals surface area (Å²) >= 11 is 1.23. The molecule has 1 fully saturated rings. The molecule has 3 rings (SSSR count). The minimum absolute atomic E-state index is 0.170. The molecule has 22 heavy (non-hydrogen) atoms. The quantitative estimate of drug-likeness (QED) is 0.874. The Morgan fingerprint density at radius 3 is 2.95 bits per heavy atom. The first-order valence-corrected chi connectivity index (χ1v) is 9.06. The second kappa shape index (κ2) is 5.92. The van der Waals surface area contributed by atoms with Gasteiger partial charge in [-0.25, -0.2) is 18.1 Å². The Kier molecular flexibility index (Phi) is 4.13. The third-order valence-electron chi connectivity index (χ3n) is 3.39.